The van der Waals surface area contributed by atoms with Crippen LogP contribution in [0.15, 0.2) is 24.3 Å². The Labute approximate surface area is 143 Å². The maximum Gasteiger partial charge on any atom is 0.237 e. The van der Waals surface area contributed by atoms with Gasteiger partial charge in [-0.25, -0.2) is 8.42 Å². The van der Waals surface area contributed by atoms with Crippen molar-refractivity contribution >= 4 is 15.9 Å². The van der Waals surface area contributed by atoms with Crippen LogP contribution in [0, 0.1) is 0 Å². The number of likely N-dealkylation sites (N-methyl/N-ethyl adjacent to an activating group) is 1. The number of ether oxygens (including phenoxy) is 1. The molecule has 2 aliphatic rings. The Hall–Kier alpha value is -1.60. The van der Waals surface area contributed by atoms with Crippen LogP contribution in [-0.2, 0) is 21.2 Å². The van der Waals surface area contributed by atoms with Gasteiger partial charge in [0.25, 0.3) is 0 Å². The molecule has 132 valence electrons. The normalized spacial score (nSPS) is 19.9. The number of rotatable bonds is 3. The van der Waals surface area contributed by atoms with E-state index in [9.17, 15) is 13.2 Å². The minimum absolute atomic E-state index is 0.102. The monoisotopic (exact) mass is 352 g/mol. The second-order valence-electron chi connectivity index (χ2n) is 6.79. The van der Waals surface area contributed by atoms with Crippen LogP contribution < -0.4 is 4.74 Å². The Morgan fingerprint density at radius 2 is 1.92 bits per heavy atom. The predicted octanol–water partition coefficient (Wildman–Crippen LogP) is 1.26. The van der Waals surface area contributed by atoms with E-state index in [1.165, 1.54) is 12.6 Å². The maximum atomic E-state index is 12.3. The molecule has 1 aromatic carbocycles. The van der Waals surface area contributed by atoms with E-state index >= 15 is 0 Å². The van der Waals surface area contributed by atoms with Gasteiger partial charge in [-0.1, -0.05) is 18.2 Å². The average molecular weight is 352 g/mol. The third-order valence-electron chi connectivity index (χ3n) is 5.10. The number of hydrogen-bond donors (Lipinski definition) is 0. The topological polar surface area (TPSA) is 66.9 Å². The molecule has 0 saturated carbocycles. The molecular formula is C17H24N2O4S. The number of hydrogen-bond acceptors (Lipinski definition) is 4. The van der Waals surface area contributed by atoms with Gasteiger partial charge in [0, 0.05) is 33.0 Å². The van der Waals surface area contributed by atoms with Crippen molar-refractivity contribution in [3.8, 4) is 5.75 Å². The maximum absolute atomic E-state index is 12.3. The van der Waals surface area contributed by atoms with E-state index in [-0.39, 0.29) is 18.1 Å². The molecule has 2 heterocycles. The van der Waals surface area contributed by atoms with Crippen LogP contribution in [0.3, 0.4) is 0 Å². The average Bonchev–Trinajstić information content (AvgIpc) is 2.54. The number of carbonyl (C=O) groups is 1. The number of carbonyl (C=O) groups excluding carboxylic acids is 1. The van der Waals surface area contributed by atoms with Gasteiger partial charge in [-0.2, -0.15) is 4.31 Å². The Bertz CT molecular complexity index is 724. The highest BCUT2D eigenvalue weighted by Crippen LogP contribution is 2.39. The van der Waals surface area contributed by atoms with Crippen molar-refractivity contribution in [2.75, 3.05) is 32.9 Å². The van der Waals surface area contributed by atoms with Crippen LogP contribution in [0.2, 0.25) is 0 Å². The van der Waals surface area contributed by atoms with Crippen molar-refractivity contribution in [2.24, 2.45) is 0 Å². The minimum atomic E-state index is -3.34. The SMILES string of the molecule is CN(CC(=O)N1CCC2(CCc3ccccc3O2)CC1)S(C)(=O)=O. The lowest BCUT2D eigenvalue weighted by atomic mass is 9.83. The lowest BCUT2D eigenvalue weighted by Crippen LogP contribution is -2.52. The number of para-hydroxylation sites is 1. The molecular weight excluding hydrogens is 328 g/mol. The molecule has 0 atom stereocenters. The molecule has 0 bridgehead atoms. The van der Waals surface area contributed by atoms with Crippen molar-refractivity contribution in [2.45, 2.75) is 31.3 Å². The number of likely N-dealkylation sites (tertiary alicyclic amines) is 1. The summed E-state index contributed by atoms with van der Waals surface area (Å²) in [5.74, 6) is 0.814. The first-order valence-corrected chi connectivity index (χ1v) is 10.1. The summed E-state index contributed by atoms with van der Waals surface area (Å²) < 4.78 is 30.3. The van der Waals surface area contributed by atoms with Gasteiger partial charge in [0.05, 0.1) is 12.8 Å². The number of amides is 1. The summed E-state index contributed by atoms with van der Waals surface area (Å²) in [6.07, 6.45) is 4.65. The molecule has 0 aliphatic carbocycles. The Morgan fingerprint density at radius 1 is 1.25 bits per heavy atom. The van der Waals surface area contributed by atoms with E-state index in [1.54, 1.807) is 4.90 Å². The van der Waals surface area contributed by atoms with Crippen molar-refractivity contribution in [3.63, 3.8) is 0 Å². The second kappa shape index (κ2) is 6.37. The van der Waals surface area contributed by atoms with Crippen molar-refractivity contribution in [1.82, 2.24) is 9.21 Å². The van der Waals surface area contributed by atoms with E-state index < -0.39 is 10.0 Å². The Morgan fingerprint density at radius 3 is 2.58 bits per heavy atom. The zero-order valence-electron chi connectivity index (χ0n) is 14.2. The fourth-order valence-corrected chi connectivity index (χ4v) is 3.73. The summed E-state index contributed by atoms with van der Waals surface area (Å²) in [5.41, 5.74) is 1.06. The van der Waals surface area contributed by atoms with Crippen molar-refractivity contribution in [3.05, 3.63) is 29.8 Å². The number of nitrogens with zero attached hydrogens (tertiary/aromatic N) is 2. The van der Waals surface area contributed by atoms with Crippen LogP contribution in [0.25, 0.3) is 0 Å². The highest BCUT2D eigenvalue weighted by Gasteiger charge is 2.40. The first-order valence-electron chi connectivity index (χ1n) is 8.25. The number of benzene rings is 1. The molecule has 0 unspecified atom stereocenters. The molecule has 1 spiro atoms. The summed E-state index contributed by atoms with van der Waals surface area (Å²) in [6.45, 7) is 1.12. The molecule has 0 N–H and O–H groups in total. The van der Waals surface area contributed by atoms with Crippen molar-refractivity contribution in [1.29, 1.82) is 0 Å². The van der Waals surface area contributed by atoms with Crippen LogP contribution in [0.5, 0.6) is 5.75 Å². The third kappa shape index (κ3) is 3.57. The standard InChI is InChI=1S/C17H24N2O4S/c1-18(24(2,21)22)13-16(20)19-11-9-17(10-12-19)8-7-14-5-3-4-6-15(14)23-17/h3-6H,7-13H2,1-2H3. The molecule has 0 aromatic heterocycles. The fourth-order valence-electron chi connectivity index (χ4n) is 3.38. The van der Waals surface area contributed by atoms with E-state index in [4.69, 9.17) is 4.74 Å². The molecule has 1 amide bonds. The summed E-state index contributed by atoms with van der Waals surface area (Å²) in [7, 11) is -1.91. The summed E-state index contributed by atoms with van der Waals surface area (Å²) in [6, 6.07) is 8.12. The zero-order chi connectivity index (χ0) is 17.4. The molecule has 6 nitrogen and oxygen atoms in total. The summed E-state index contributed by atoms with van der Waals surface area (Å²) >= 11 is 0. The molecule has 1 aromatic rings. The quantitative estimate of drug-likeness (QED) is 0.821. The van der Waals surface area contributed by atoms with Crippen LogP contribution in [0.1, 0.15) is 24.8 Å². The lowest BCUT2D eigenvalue weighted by Gasteiger charge is -2.44. The number of aryl methyl sites for hydroxylation is 1. The zero-order valence-corrected chi connectivity index (χ0v) is 15.0. The number of sulfonamides is 1. The summed E-state index contributed by atoms with van der Waals surface area (Å²) in [4.78, 5) is 14.1. The van der Waals surface area contributed by atoms with E-state index in [1.807, 2.05) is 18.2 Å². The second-order valence-corrected chi connectivity index (χ2v) is 8.88. The van der Waals surface area contributed by atoms with Gasteiger partial charge in [0.2, 0.25) is 15.9 Å². The highest BCUT2D eigenvalue weighted by atomic mass is 32.2. The van der Waals surface area contributed by atoms with Gasteiger partial charge in [0.15, 0.2) is 0 Å². The van der Waals surface area contributed by atoms with Gasteiger partial charge >= 0.3 is 0 Å². The molecule has 7 heteroatoms. The fraction of sp³-hybridized carbons (Fsp3) is 0.588. The van der Waals surface area contributed by atoms with Gasteiger partial charge in [-0.3, -0.25) is 4.79 Å². The molecule has 3 rings (SSSR count). The molecule has 1 saturated heterocycles. The minimum Gasteiger partial charge on any atom is -0.487 e. The van der Waals surface area contributed by atoms with Gasteiger partial charge in [0.1, 0.15) is 11.4 Å². The highest BCUT2D eigenvalue weighted by molar-refractivity contribution is 7.88. The largest absolute Gasteiger partial charge is 0.487 e. The first kappa shape index (κ1) is 17.2. The lowest BCUT2D eigenvalue weighted by molar-refractivity contribution is -0.135. The number of piperidine rings is 1. The van der Waals surface area contributed by atoms with Crippen LogP contribution in [0.4, 0.5) is 0 Å². The third-order valence-corrected chi connectivity index (χ3v) is 6.36. The van der Waals surface area contributed by atoms with E-state index in [0.29, 0.717) is 13.1 Å². The van der Waals surface area contributed by atoms with Crippen LogP contribution in [-0.4, -0.2) is 62.1 Å². The molecule has 2 aliphatic heterocycles. The van der Waals surface area contributed by atoms with Crippen LogP contribution >= 0.6 is 0 Å². The Balaban J connectivity index is 1.59. The van der Waals surface area contributed by atoms with E-state index in [0.717, 1.165) is 42.0 Å². The van der Waals surface area contributed by atoms with Gasteiger partial charge < -0.3 is 9.64 Å². The molecule has 24 heavy (non-hydrogen) atoms. The summed E-state index contributed by atoms with van der Waals surface area (Å²) in [5, 5.41) is 0. The van der Waals surface area contributed by atoms with E-state index in [2.05, 4.69) is 6.07 Å². The van der Waals surface area contributed by atoms with Crippen molar-refractivity contribution < 1.29 is 17.9 Å². The molecule has 1 fully saturated rings. The Kier molecular flexibility index (Phi) is 4.57. The molecule has 0 radical (unpaired) electrons. The number of fused-ring (bicyclic) bond motifs is 1. The predicted molar refractivity (Wildman–Crippen MR) is 91.4 cm³/mol. The van der Waals surface area contributed by atoms with Gasteiger partial charge in [-0.15, -0.1) is 0 Å². The van der Waals surface area contributed by atoms with Gasteiger partial charge in [-0.05, 0) is 24.5 Å². The first-order chi connectivity index (χ1) is 11.3. The smallest absolute Gasteiger partial charge is 0.237 e.